The summed E-state index contributed by atoms with van der Waals surface area (Å²) < 4.78 is 0. The number of hydrogen-bond donors (Lipinski definition) is 3. The van der Waals surface area contributed by atoms with E-state index in [4.69, 9.17) is 0 Å². The number of nitrogens with zero attached hydrogens (tertiary/aromatic N) is 3. The first-order valence-corrected chi connectivity index (χ1v) is 8.28. The first-order valence-electron chi connectivity index (χ1n) is 7.34. The zero-order chi connectivity index (χ0) is 17.1. The van der Waals surface area contributed by atoms with Gasteiger partial charge in [0.1, 0.15) is 0 Å². The normalized spacial score (nSPS) is 10.8. The van der Waals surface area contributed by atoms with Gasteiger partial charge in [0.15, 0.2) is 11.5 Å². The van der Waals surface area contributed by atoms with Crippen LogP contribution in [0.5, 0.6) is 0 Å². The monoisotopic (exact) mass is 344 g/mol. The van der Waals surface area contributed by atoms with Crippen LogP contribution in [0.3, 0.4) is 0 Å². The van der Waals surface area contributed by atoms with Gasteiger partial charge in [-0.1, -0.05) is 0 Å². The average Bonchev–Trinajstić information content (AvgIpc) is 3.21. The fourth-order valence-electron chi connectivity index (χ4n) is 2.21. The van der Waals surface area contributed by atoms with Crippen LogP contribution in [0.1, 0.15) is 28.0 Å². The maximum absolute atomic E-state index is 12.1. The summed E-state index contributed by atoms with van der Waals surface area (Å²) in [5, 5.41) is 24.6. The molecule has 0 fully saturated rings. The molecule has 8 nitrogen and oxygen atoms in total. The molecule has 0 radical (unpaired) electrons. The van der Waals surface area contributed by atoms with Crippen LogP contribution in [0.25, 0.3) is 11.0 Å². The lowest BCUT2D eigenvalue weighted by molar-refractivity contribution is -0.116. The van der Waals surface area contributed by atoms with E-state index in [-0.39, 0.29) is 24.8 Å². The molecule has 0 aliphatic heterocycles. The van der Waals surface area contributed by atoms with E-state index in [2.05, 4.69) is 31.0 Å². The highest BCUT2D eigenvalue weighted by atomic mass is 32.1. The number of anilines is 1. The highest BCUT2D eigenvalue weighted by Crippen LogP contribution is 2.23. The predicted molar refractivity (Wildman–Crippen MR) is 91.1 cm³/mol. The fourth-order valence-corrected chi connectivity index (χ4v) is 2.85. The van der Waals surface area contributed by atoms with Crippen molar-refractivity contribution in [2.75, 3.05) is 11.9 Å². The van der Waals surface area contributed by atoms with E-state index in [1.165, 1.54) is 11.3 Å². The minimum Gasteiger partial charge on any atom is -0.351 e. The average molecular weight is 344 g/mol. The second kappa shape index (κ2) is 6.75. The summed E-state index contributed by atoms with van der Waals surface area (Å²) >= 11 is 1.45. The number of aromatic nitrogens is 4. The number of rotatable bonds is 5. The molecule has 3 rings (SSSR count). The van der Waals surface area contributed by atoms with Gasteiger partial charge < -0.3 is 10.6 Å². The van der Waals surface area contributed by atoms with Gasteiger partial charge >= 0.3 is 0 Å². The Morgan fingerprint density at radius 1 is 1.29 bits per heavy atom. The number of amides is 2. The molecule has 0 saturated carbocycles. The molecule has 3 aromatic heterocycles. The lowest BCUT2D eigenvalue weighted by Crippen LogP contribution is -2.27. The zero-order valence-corrected chi connectivity index (χ0v) is 14.0. The quantitative estimate of drug-likeness (QED) is 0.653. The van der Waals surface area contributed by atoms with Crippen LogP contribution < -0.4 is 10.6 Å². The van der Waals surface area contributed by atoms with Gasteiger partial charge in [-0.25, -0.2) is 0 Å². The smallest absolute Gasteiger partial charge is 0.252 e. The Morgan fingerprint density at radius 2 is 2.12 bits per heavy atom. The van der Waals surface area contributed by atoms with E-state index in [0.29, 0.717) is 17.0 Å². The van der Waals surface area contributed by atoms with E-state index < -0.39 is 0 Å². The van der Waals surface area contributed by atoms with Crippen LogP contribution in [0.2, 0.25) is 0 Å². The van der Waals surface area contributed by atoms with Crippen LogP contribution in [-0.2, 0) is 4.79 Å². The fraction of sp³-hybridized carbons (Fsp3) is 0.267. The Hall–Kier alpha value is -2.81. The molecule has 0 atom stereocenters. The Labute approximate surface area is 141 Å². The molecular formula is C15H16N6O2S. The predicted octanol–water partition coefficient (Wildman–Crippen LogP) is 1.79. The van der Waals surface area contributed by atoms with Gasteiger partial charge in [0.25, 0.3) is 5.91 Å². The molecule has 2 amide bonds. The molecule has 0 spiro atoms. The van der Waals surface area contributed by atoms with Gasteiger partial charge in [-0.2, -0.15) is 21.5 Å². The number of carbonyl (C=O) groups excluding carboxylic acids is 2. The summed E-state index contributed by atoms with van der Waals surface area (Å²) in [7, 11) is 0. The Balaban J connectivity index is 1.59. The summed E-state index contributed by atoms with van der Waals surface area (Å²) in [6.07, 6.45) is 0.154. The van der Waals surface area contributed by atoms with Crippen molar-refractivity contribution >= 4 is 40.0 Å². The summed E-state index contributed by atoms with van der Waals surface area (Å²) in [5.74, 6) is 0.00792. The van der Waals surface area contributed by atoms with Crippen LogP contribution in [0.4, 0.5) is 5.82 Å². The molecule has 0 aliphatic rings. The van der Waals surface area contributed by atoms with E-state index in [1.807, 2.05) is 19.2 Å². The molecule has 0 saturated heterocycles. The van der Waals surface area contributed by atoms with Gasteiger partial charge in [-0.15, -0.1) is 5.10 Å². The number of carbonyl (C=O) groups is 2. The molecule has 24 heavy (non-hydrogen) atoms. The van der Waals surface area contributed by atoms with Crippen molar-refractivity contribution in [1.82, 2.24) is 25.7 Å². The number of thiophene rings is 1. The third-order valence-corrected chi connectivity index (χ3v) is 4.33. The number of hydrogen-bond acceptors (Lipinski definition) is 6. The number of H-pyrrole nitrogens is 1. The number of nitrogens with one attached hydrogen (secondary N) is 3. The van der Waals surface area contributed by atoms with E-state index in [9.17, 15) is 9.59 Å². The molecule has 3 heterocycles. The van der Waals surface area contributed by atoms with Crippen molar-refractivity contribution in [3.05, 3.63) is 33.6 Å². The van der Waals surface area contributed by atoms with Crippen LogP contribution >= 0.6 is 11.3 Å². The van der Waals surface area contributed by atoms with Crippen molar-refractivity contribution in [3.63, 3.8) is 0 Å². The maximum atomic E-state index is 12.1. The summed E-state index contributed by atoms with van der Waals surface area (Å²) in [6, 6.07) is 1.74. The van der Waals surface area contributed by atoms with Gasteiger partial charge in [0.2, 0.25) is 5.91 Å². The molecule has 9 heteroatoms. The SMILES string of the molecule is Cc1nnc2[nH]nc(NC(=O)CCNC(=O)c3ccsc3)c2c1C. The maximum Gasteiger partial charge on any atom is 0.252 e. The molecule has 0 aliphatic carbocycles. The molecule has 3 aromatic rings. The molecular weight excluding hydrogens is 328 g/mol. The minimum absolute atomic E-state index is 0.154. The Morgan fingerprint density at radius 3 is 2.88 bits per heavy atom. The summed E-state index contributed by atoms with van der Waals surface area (Å²) in [6.45, 7) is 4.00. The number of fused-ring (bicyclic) bond motifs is 1. The summed E-state index contributed by atoms with van der Waals surface area (Å²) in [4.78, 5) is 23.9. The van der Waals surface area contributed by atoms with Gasteiger partial charge in [-0.05, 0) is 30.9 Å². The third-order valence-electron chi connectivity index (χ3n) is 3.64. The molecule has 3 N–H and O–H groups in total. The topological polar surface area (TPSA) is 113 Å². The first kappa shape index (κ1) is 16.1. The highest BCUT2D eigenvalue weighted by Gasteiger charge is 2.14. The largest absolute Gasteiger partial charge is 0.351 e. The molecule has 0 unspecified atom stereocenters. The molecule has 124 valence electrons. The number of aryl methyl sites for hydroxylation is 2. The van der Waals surface area contributed by atoms with Crippen LogP contribution in [0.15, 0.2) is 16.8 Å². The van der Waals surface area contributed by atoms with Crippen LogP contribution in [-0.4, -0.2) is 38.8 Å². The van der Waals surface area contributed by atoms with E-state index in [1.54, 1.807) is 11.4 Å². The van der Waals surface area contributed by atoms with Gasteiger partial charge in [0.05, 0.1) is 11.1 Å². The third kappa shape index (κ3) is 3.25. The van der Waals surface area contributed by atoms with Crippen molar-refractivity contribution in [2.45, 2.75) is 20.3 Å². The van der Waals surface area contributed by atoms with Gasteiger partial charge in [-0.3, -0.25) is 14.7 Å². The second-order valence-corrected chi connectivity index (χ2v) is 6.05. The van der Waals surface area contributed by atoms with Crippen molar-refractivity contribution < 1.29 is 9.59 Å². The lowest BCUT2D eigenvalue weighted by atomic mass is 10.2. The molecule has 0 aromatic carbocycles. The summed E-state index contributed by atoms with van der Waals surface area (Å²) in [5.41, 5.74) is 2.82. The van der Waals surface area contributed by atoms with Crippen molar-refractivity contribution in [3.8, 4) is 0 Å². The molecule has 0 bridgehead atoms. The zero-order valence-electron chi connectivity index (χ0n) is 13.2. The minimum atomic E-state index is -0.233. The van der Waals surface area contributed by atoms with Crippen molar-refractivity contribution in [1.29, 1.82) is 0 Å². The van der Waals surface area contributed by atoms with Crippen LogP contribution in [0, 0.1) is 13.8 Å². The Bertz CT molecular complexity index is 887. The van der Waals surface area contributed by atoms with Gasteiger partial charge in [0, 0.05) is 23.9 Å². The first-order chi connectivity index (χ1) is 11.6. The standard InChI is InChI=1S/C15H16N6O2S/c1-8-9(2)18-20-14-12(8)13(19-21-14)17-11(22)3-5-16-15(23)10-4-6-24-7-10/h4,6-7H,3,5H2,1-2H3,(H,16,23)(H2,17,19,20,21,22). The van der Waals surface area contributed by atoms with E-state index >= 15 is 0 Å². The number of aromatic amines is 1. The second-order valence-electron chi connectivity index (χ2n) is 5.27. The Kier molecular flexibility index (Phi) is 4.52. The van der Waals surface area contributed by atoms with E-state index in [0.717, 1.165) is 16.6 Å². The highest BCUT2D eigenvalue weighted by molar-refractivity contribution is 7.08. The van der Waals surface area contributed by atoms with Crippen molar-refractivity contribution in [2.24, 2.45) is 0 Å². The lowest BCUT2D eigenvalue weighted by Gasteiger charge is -2.06.